The first-order chi connectivity index (χ1) is 13.4. The molecule has 0 bridgehead atoms. The molecule has 0 aliphatic carbocycles. The van der Waals surface area contributed by atoms with Crippen LogP contribution in [0.4, 0.5) is 0 Å². The summed E-state index contributed by atoms with van der Waals surface area (Å²) in [6.07, 6.45) is 4.79. The molecule has 1 saturated heterocycles. The van der Waals surface area contributed by atoms with E-state index in [-0.39, 0.29) is 17.9 Å². The highest BCUT2D eigenvalue weighted by atomic mass is 35.5. The van der Waals surface area contributed by atoms with Gasteiger partial charge in [0.15, 0.2) is 0 Å². The molecule has 1 aromatic heterocycles. The maximum absolute atomic E-state index is 12.2. The molecule has 1 fully saturated rings. The Morgan fingerprint density at radius 1 is 1.14 bits per heavy atom. The number of piperazine rings is 1. The number of amides is 2. The Morgan fingerprint density at radius 3 is 2.50 bits per heavy atom. The smallest absolute Gasteiger partial charge is 0.247 e. The van der Waals surface area contributed by atoms with Crippen LogP contribution < -0.4 is 0 Å². The Kier molecular flexibility index (Phi) is 6.31. The maximum Gasteiger partial charge on any atom is 0.247 e. The summed E-state index contributed by atoms with van der Waals surface area (Å²) in [6.45, 7) is 4.61. The van der Waals surface area contributed by atoms with Gasteiger partial charge in [0.1, 0.15) is 5.82 Å². The lowest BCUT2D eigenvalue weighted by Gasteiger charge is -2.41. The minimum Gasteiger partial charge on any atom is -0.335 e. The predicted molar refractivity (Wildman–Crippen MR) is 109 cm³/mol. The Hall–Kier alpha value is -2.44. The molecule has 28 heavy (non-hydrogen) atoms. The molecule has 1 atom stereocenters. The molecule has 0 unspecified atom stereocenters. The van der Waals surface area contributed by atoms with E-state index in [1.54, 1.807) is 22.2 Å². The molecule has 146 valence electrons. The summed E-state index contributed by atoms with van der Waals surface area (Å²) < 4.78 is 0. The molecule has 2 heterocycles. The van der Waals surface area contributed by atoms with Crippen molar-refractivity contribution in [1.29, 1.82) is 0 Å². The van der Waals surface area contributed by atoms with E-state index in [1.165, 1.54) is 18.5 Å². The van der Waals surface area contributed by atoms with Gasteiger partial charge in [-0.2, -0.15) is 0 Å². The van der Waals surface area contributed by atoms with Crippen LogP contribution in [0.5, 0.6) is 0 Å². The third kappa shape index (κ3) is 4.51. The summed E-state index contributed by atoms with van der Waals surface area (Å²) in [4.78, 5) is 36.4. The van der Waals surface area contributed by atoms with Crippen molar-refractivity contribution in [1.82, 2.24) is 19.8 Å². The van der Waals surface area contributed by atoms with E-state index in [0.717, 1.165) is 16.7 Å². The topological polar surface area (TPSA) is 66.4 Å². The second kappa shape index (κ2) is 8.71. The minimum atomic E-state index is -0.303. The molecule has 8 heteroatoms. The summed E-state index contributed by atoms with van der Waals surface area (Å²) in [7, 11) is 0. The average molecular weight is 419 g/mol. The molecule has 1 aliphatic heterocycles. The summed E-state index contributed by atoms with van der Waals surface area (Å²) in [5.41, 5.74) is 3.74. The second-order valence-corrected chi connectivity index (χ2v) is 7.29. The highest BCUT2D eigenvalue weighted by molar-refractivity contribution is 6.31. The predicted octanol–water partition coefficient (Wildman–Crippen LogP) is 3.59. The third-order valence-corrected chi connectivity index (χ3v) is 5.07. The lowest BCUT2D eigenvalue weighted by Crippen LogP contribution is -2.51. The normalized spacial score (nSPS) is 17.2. The number of carbonyl (C=O) groups excluding carboxylic acids is 2. The average Bonchev–Trinajstić information content (AvgIpc) is 2.67. The highest BCUT2D eigenvalue weighted by Gasteiger charge is 2.31. The number of aryl methyl sites for hydroxylation is 1. The summed E-state index contributed by atoms with van der Waals surface area (Å²) in [5.74, 6) is 0.449. The number of hydrogen-bond donors (Lipinski definition) is 0. The molecular formula is C20H20Cl2N4O2. The molecule has 0 N–H and O–H groups in total. The molecular weight excluding hydrogens is 399 g/mol. The van der Waals surface area contributed by atoms with E-state index < -0.39 is 0 Å². The lowest BCUT2D eigenvalue weighted by atomic mass is 9.97. The van der Waals surface area contributed by atoms with Gasteiger partial charge in [-0.1, -0.05) is 23.2 Å². The fourth-order valence-electron chi connectivity index (χ4n) is 3.32. The molecule has 0 saturated carbocycles. The molecule has 0 spiro atoms. The number of rotatable bonds is 3. The summed E-state index contributed by atoms with van der Waals surface area (Å²) in [5, 5.41) is 0.542. The van der Waals surface area contributed by atoms with Crippen molar-refractivity contribution in [3.05, 3.63) is 58.6 Å². The molecule has 1 aliphatic rings. The second-order valence-electron chi connectivity index (χ2n) is 6.60. The van der Waals surface area contributed by atoms with E-state index in [4.69, 9.17) is 23.2 Å². The van der Waals surface area contributed by atoms with Crippen LogP contribution in [0.25, 0.3) is 11.1 Å². The Balaban J connectivity index is 1.98. The van der Waals surface area contributed by atoms with Gasteiger partial charge in [-0.05, 0) is 36.2 Å². The zero-order chi connectivity index (χ0) is 20.3. The monoisotopic (exact) mass is 418 g/mol. The number of halogens is 2. The van der Waals surface area contributed by atoms with Crippen LogP contribution in [0.15, 0.2) is 42.2 Å². The van der Waals surface area contributed by atoms with Gasteiger partial charge in [-0.25, -0.2) is 9.97 Å². The first-order valence-electron chi connectivity index (χ1n) is 8.81. The fraction of sp³-hybridized carbons (Fsp3) is 0.300. The molecule has 2 amide bonds. The SMILES string of the molecule is CC(=O)N1CCN(C(=O)/C=C\Cl)C[C@H]1c1cc(Cl)cc(-c2cnc(C)nc2)c1. The number of hydrogen-bond acceptors (Lipinski definition) is 4. The molecule has 6 nitrogen and oxygen atoms in total. The van der Waals surface area contributed by atoms with Crippen LogP contribution in [0.1, 0.15) is 24.4 Å². The Labute approximate surface area is 173 Å². The third-order valence-electron chi connectivity index (χ3n) is 4.72. The van der Waals surface area contributed by atoms with Crippen molar-refractivity contribution < 1.29 is 9.59 Å². The van der Waals surface area contributed by atoms with Crippen LogP contribution >= 0.6 is 23.2 Å². The first kappa shape index (κ1) is 20.3. The Bertz CT molecular complexity index is 915. The van der Waals surface area contributed by atoms with Gasteiger partial charge in [-0.15, -0.1) is 0 Å². The zero-order valence-electron chi connectivity index (χ0n) is 15.6. The number of benzene rings is 1. The van der Waals surface area contributed by atoms with Crippen molar-refractivity contribution in [3.8, 4) is 11.1 Å². The van der Waals surface area contributed by atoms with Gasteiger partial charge in [0, 0.05) is 61.1 Å². The van der Waals surface area contributed by atoms with Crippen LogP contribution in [0.2, 0.25) is 5.02 Å². The van der Waals surface area contributed by atoms with Gasteiger partial charge in [0.05, 0.1) is 6.04 Å². The number of carbonyl (C=O) groups is 2. The highest BCUT2D eigenvalue weighted by Crippen LogP contribution is 2.32. The van der Waals surface area contributed by atoms with Crippen molar-refractivity contribution in [2.75, 3.05) is 19.6 Å². The summed E-state index contributed by atoms with van der Waals surface area (Å²) in [6, 6.07) is 5.32. The summed E-state index contributed by atoms with van der Waals surface area (Å²) >= 11 is 11.9. The van der Waals surface area contributed by atoms with E-state index in [1.807, 2.05) is 25.1 Å². The van der Waals surface area contributed by atoms with Crippen molar-refractivity contribution >= 4 is 35.0 Å². The van der Waals surface area contributed by atoms with Crippen LogP contribution in [-0.4, -0.2) is 51.2 Å². The fourth-order valence-corrected chi connectivity index (χ4v) is 3.67. The van der Waals surface area contributed by atoms with Gasteiger partial charge in [0.2, 0.25) is 11.8 Å². The minimum absolute atomic E-state index is 0.0508. The van der Waals surface area contributed by atoms with Gasteiger partial charge < -0.3 is 9.80 Å². The van der Waals surface area contributed by atoms with Crippen LogP contribution in [0.3, 0.4) is 0 Å². The van der Waals surface area contributed by atoms with E-state index in [2.05, 4.69) is 9.97 Å². The Morgan fingerprint density at radius 2 is 1.86 bits per heavy atom. The van der Waals surface area contributed by atoms with E-state index >= 15 is 0 Å². The van der Waals surface area contributed by atoms with Crippen molar-refractivity contribution in [2.24, 2.45) is 0 Å². The van der Waals surface area contributed by atoms with Crippen molar-refractivity contribution in [3.63, 3.8) is 0 Å². The maximum atomic E-state index is 12.2. The molecule has 2 aromatic rings. The molecule has 1 aromatic carbocycles. The zero-order valence-corrected chi connectivity index (χ0v) is 17.1. The van der Waals surface area contributed by atoms with Crippen LogP contribution in [0, 0.1) is 6.92 Å². The van der Waals surface area contributed by atoms with Gasteiger partial charge in [-0.3, -0.25) is 9.59 Å². The first-order valence-corrected chi connectivity index (χ1v) is 9.63. The van der Waals surface area contributed by atoms with Gasteiger partial charge >= 0.3 is 0 Å². The lowest BCUT2D eigenvalue weighted by molar-refractivity contribution is -0.139. The van der Waals surface area contributed by atoms with E-state index in [9.17, 15) is 9.59 Å². The number of nitrogens with zero attached hydrogens (tertiary/aromatic N) is 4. The number of aromatic nitrogens is 2. The quantitative estimate of drug-likeness (QED) is 0.714. The standard InChI is InChI=1S/C20H20Cl2N4O2/c1-13-23-10-17(11-24-13)15-7-16(9-18(22)8-15)19-12-25(20(28)3-4-21)5-6-26(19)14(2)27/h3-4,7-11,19H,5-6,12H2,1-2H3/b4-3-/t19-/m0/s1. The molecule has 0 radical (unpaired) electrons. The largest absolute Gasteiger partial charge is 0.335 e. The van der Waals surface area contributed by atoms with Crippen LogP contribution in [-0.2, 0) is 9.59 Å². The molecule has 3 rings (SSSR count). The van der Waals surface area contributed by atoms with Gasteiger partial charge in [0.25, 0.3) is 0 Å². The van der Waals surface area contributed by atoms with Crippen molar-refractivity contribution in [2.45, 2.75) is 19.9 Å². The van der Waals surface area contributed by atoms with E-state index in [0.29, 0.717) is 30.5 Å².